The van der Waals surface area contributed by atoms with Gasteiger partial charge < -0.3 is 21.1 Å². The molecule has 0 aliphatic heterocycles. The molecule has 7 nitrogen and oxygen atoms in total. The standard InChI is InChI=1S/C20H31N3O4/c1-20(2,3)27-19(26)22-13-9-5-8-12-17(24)23-16(18(21)25)14-15-10-6-4-7-11-15/h4,6-7,10-11,16H,5,8-9,12-14H2,1-3H3,(H2,21,25)(H,22,26)(H,23,24)/t16-/m0/s1. The molecule has 0 fully saturated rings. The highest BCUT2D eigenvalue weighted by Crippen LogP contribution is 2.07. The highest BCUT2D eigenvalue weighted by molar-refractivity contribution is 5.86. The molecule has 0 saturated carbocycles. The fraction of sp³-hybridized carbons (Fsp3) is 0.550. The van der Waals surface area contributed by atoms with E-state index in [0.717, 1.165) is 18.4 Å². The normalized spacial score (nSPS) is 12.1. The fourth-order valence-electron chi connectivity index (χ4n) is 2.43. The number of amides is 3. The summed E-state index contributed by atoms with van der Waals surface area (Å²) in [6.07, 6.45) is 2.44. The van der Waals surface area contributed by atoms with Crippen LogP contribution in [0.2, 0.25) is 0 Å². The fourth-order valence-corrected chi connectivity index (χ4v) is 2.43. The van der Waals surface area contributed by atoms with Crippen LogP contribution in [0.15, 0.2) is 30.3 Å². The molecule has 1 aromatic carbocycles. The number of benzene rings is 1. The molecule has 3 amide bonds. The summed E-state index contributed by atoms with van der Waals surface area (Å²) in [5.41, 5.74) is 5.82. The second-order valence-corrected chi connectivity index (χ2v) is 7.45. The zero-order chi connectivity index (χ0) is 20.3. The number of ether oxygens (including phenoxy) is 1. The Hall–Kier alpha value is -2.57. The average Bonchev–Trinajstić information content (AvgIpc) is 2.56. The van der Waals surface area contributed by atoms with Crippen LogP contribution in [-0.4, -0.2) is 36.1 Å². The predicted molar refractivity (Wildman–Crippen MR) is 104 cm³/mol. The van der Waals surface area contributed by atoms with Crippen molar-refractivity contribution in [3.8, 4) is 0 Å². The number of nitrogens with one attached hydrogen (secondary N) is 2. The number of nitrogens with two attached hydrogens (primary N) is 1. The van der Waals surface area contributed by atoms with Crippen LogP contribution < -0.4 is 16.4 Å². The monoisotopic (exact) mass is 377 g/mol. The van der Waals surface area contributed by atoms with E-state index in [-0.39, 0.29) is 5.91 Å². The highest BCUT2D eigenvalue weighted by Gasteiger charge is 2.18. The largest absolute Gasteiger partial charge is 0.444 e. The van der Waals surface area contributed by atoms with Gasteiger partial charge in [0.05, 0.1) is 0 Å². The molecule has 0 heterocycles. The maximum absolute atomic E-state index is 12.0. The first-order chi connectivity index (χ1) is 12.7. The van der Waals surface area contributed by atoms with E-state index in [1.165, 1.54) is 0 Å². The third-order valence-corrected chi connectivity index (χ3v) is 3.71. The number of carbonyl (C=O) groups is 3. The molecular weight excluding hydrogens is 346 g/mol. The zero-order valence-electron chi connectivity index (χ0n) is 16.4. The number of alkyl carbamates (subject to hydrolysis) is 1. The first-order valence-electron chi connectivity index (χ1n) is 9.27. The summed E-state index contributed by atoms with van der Waals surface area (Å²) in [5, 5.41) is 5.38. The van der Waals surface area contributed by atoms with E-state index >= 15 is 0 Å². The Kier molecular flexibility index (Phi) is 9.33. The Morgan fingerprint density at radius 3 is 2.33 bits per heavy atom. The minimum atomic E-state index is -0.714. The smallest absolute Gasteiger partial charge is 0.407 e. The van der Waals surface area contributed by atoms with Gasteiger partial charge in [-0.25, -0.2) is 4.79 Å². The van der Waals surface area contributed by atoms with Crippen LogP contribution >= 0.6 is 0 Å². The zero-order valence-corrected chi connectivity index (χ0v) is 16.4. The molecule has 0 bridgehead atoms. The molecule has 4 N–H and O–H groups in total. The Labute approximate surface area is 161 Å². The molecule has 0 radical (unpaired) electrons. The van der Waals surface area contributed by atoms with Crippen LogP contribution in [0.1, 0.15) is 52.0 Å². The summed E-state index contributed by atoms with van der Waals surface area (Å²) in [7, 11) is 0. The van der Waals surface area contributed by atoms with Crippen LogP contribution in [-0.2, 0) is 20.7 Å². The van der Waals surface area contributed by atoms with Gasteiger partial charge in [0.2, 0.25) is 11.8 Å². The molecule has 0 aliphatic carbocycles. The third-order valence-electron chi connectivity index (χ3n) is 3.71. The van der Waals surface area contributed by atoms with Gasteiger partial charge in [0, 0.05) is 19.4 Å². The van der Waals surface area contributed by atoms with Gasteiger partial charge in [0.25, 0.3) is 0 Å². The molecule has 0 unspecified atom stereocenters. The van der Waals surface area contributed by atoms with E-state index in [9.17, 15) is 14.4 Å². The number of primary amides is 1. The predicted octanol–water partition coefficient (Wildman–Crippen LogP) is 2.28. The van der Waals surface area contributed by atoms with Crippen LogP contribution in [0, 0.1) is 0 Å². The topological polar surface area (TPSA) is 111 Å². The van der Waals surface area contributed by atoms with Gasteiger partial charge in [-0.05, 0) is 39.2 Å². The van der Waals surface area contributed by atoms with Crippen molar-refractivity contribution in [3.63, 3.8) is 0 Å². The molecule has 1 atom stereocenters. The molecule has 1 rings (SSSR count). The summed E-state index contributed by atoms with van der Waals surface area (Å²) < 4.78 is 5.14. The van der Waals surface area contributed by atoms with E-state index in [1.807, 2.05) is 51.1 Å². The Morgan fingerprint density at radius 1 is 1.07 bits per heavy atom. The summed E-state index contributed by atoms with van der Waals surface area (Å²) >= 11 is 0. The van der Waals surface area contributed by atoms with Crippen molar-refractivity contribution in [1.29, 1.82) is 0 Å². The van der Waals surface area contributed by atoms with E-state index in [4.69, 9.17) is 10.5 Å². The van der Waals surface area contributed by atoms with Gasteiger partial charge in [0.1, 0.15) is 11.6 Å². The Morgan fingerprint density at radius 2 is 1.74 bits per heavy atom. The van der Waals surface area contributed by atoms with Crippen molar-refractivity contribution in [1.82, 2.24) is 10.6 Å². The lowest BCUT2D eigenvalue weighted by atomic mass is 10.1. The molecule has 0 saturated heterocycles. The third kappa shape index (κ3) is 10.9. The lowest BCUT2D eigenvalue weighted by Crippen LogP contribution is -2.45. The summed E-state index contributed by atoms with van der Waals surface area (Å²) in [4.78, 5) is 35.1. The van der Waals surface area contributed by atoms with Crippen LogP contribution in [0.25, 0.3) is 0 Å². The van der Waals surface area contributed by atoms with Gasteiger partial charge in [-0.2, -0.15) is 0 Å². The molecule has 0 aliphatic rings. The van der Waals surface area contributed by atoms with Crippen molar-refractivity contribution < 1.29 is 19.1 Å². The number of hydrogen-bond donors (Lipinski definition) is 3. The van der Waals surface area contributed by atoms with Crippen LogP contribution in [0.3, 0.4) is 0 Å². The average molecular weight is 377 g/mol. The van der Waals surface area contributed by atoms with Crippen LogP contribution in [0.5, 0.6) is 0 Å². The molecule has 27 heavy (non-hydrogen) atoms. The number of hydrogen-bond acceptors (Lipinski definition) is 4. The minimum absolute atomic E-state index is 0.199. The van der Waals surface area contributed by atoms with Crippen molar-refractivity contribution >= 4 is 17.9 Å². The number of rotatable bonds is 10. The Balaban J connectivity index is 2.21. The van der Waals surface area contributed by atoms with E-state index in [1.54, 1.807) is 0 Å². The van der Waals surface area contributed by atoms with Crippen molar-refractivity contribution in [3.05, 3.63) is 35.9 Å². The second kappa shape index (κ2) is 11.2. The molecule has 150 valence electrons. The lowest BCUT2D eigenvalue weighted by Gasteiger charge is -2.19. The summed E-state index contributed by atoms with van der Waals surface area (Å²) in [6, 6.07) is 8.70. The number of carbonyl (C=O) groups excluding carboxylic acids is 3. The van der Waals surface area contributed by atoms with Gasteiger partial charge in [0.15, 0.2) is 0 Å². The maximum atomic E-state index is 12.0. The summed E-state index contributed by atoms with van der Waals surface area (Å²) in [6.45, 7) is 5.92. The maximum Gasteiger partial charge on any atom is 0.407 e. The molecule has 0 aromatic heterocycles. The van der Waals surface area contributed by atoms with Crippen molar-refractivity contribution in [2.24, 2.45) is 5.73 Å². The van der Waals surface area contributed by atoms with Crippen molar-refractivity contribution in [2.45, 2.75) is 64.5 Å². The number of unbranched alkanes of at least 4 members (excludes halogenated alkanes) is 2. The van der Waals surface area contributed by atoms with E-state index in [0.29, 0.717) is 25.8 Å². The first kappa shape index (κ1) is 22.5. The van der Waals surface area contributed by atoms with Crippen molar-refractivity contribution in [2.75, 3.05) is 6.54 Å². The molecule has 0 spiro atoms. The highest BCUT2D eigenvalue weighted by atomic mass is 16.6. The van der Waals surface area contributed by atoms with Gasteiger partial charge in [-0.1, -0.05) is 36.8 Å². The Bertz CT molecular complexity index is 611. The quantitative estimate of drug-likeness (QED) is 0.543. The lowest BCUT2D eigenvalue weighted by molar-refractivity contribution is -0.127. The van der Waals surface area contributed by atoms with Crippen LogP contribution in [0.4, 0.5) is 4.79 Å². The first-order valence-corrected chi connectivity index (χ1v) is 9.27. The summed E-state index contributed by atoms with van der Waals surface area (Å²) in [5.74, 6) is -0.747. The van der Waals surface area contributed by atoms with Gasteiger partial charge >= 0.3 is 6.09 Å². The minimum Gasteiger partial charge on any atom is -0.444 e. The van der Waals surface area contributed by atoms with E-state index < -0.39 is 23.6 Å². The van der Waals surface area contributed by atoms with E-state index in [2.05, 4.69) is 10.6 Å². The van der Waals surface area contributed by atoms with Gasteiger partial charge in [-0.3, -0.25) is 9.59 Å². The van der Waals surface area contributed by atoms with Gasteiger partial charge in [-0.15, -0.1) is 0 Å². The second-order valence-electron chi connectivity index (χ2n) is 7.45. The SMILES string of the molecule is CC(C)(C)OC(=O)NCCCCCC(=O)N[C@@H](Cc1ccccc1)C(N)=O. The molecule has 1 aromatic rings. The molecular formula is C20H31N3O4. The molecule has 7 heteroatoms.